The van der Waals surface area contributed by atoms with E-state index >= 15 is 0 Å². The van der Waals surface area contributed by atoms with Gasteiger partial charge in [-0.25, -0.2) is 0 Å². The SMILES string of the molecule is CCC(N)C(c1ccc(Br)cc1)N1CCS(=O)CC1. The zero-order valence-electron chi connectivity index (χ0n) is 11.2. The van der Waals surface area contributed by atoms with Gasteiger partial charge in [-0.05, 0) is 24.1 Å². The van der Waals surface area contributed by atoms with Crippen molar-refractivity contribution in [2.45, 2.75) is 25.4 Å². The van der Waals surface area contributed by atoms with Crippen molar-refractivity contribution in [1.82, 2.24) is 4.90 Å². The summed E-state index contributed by atoms with van der Waals surface area (Å²) in [4.78, 5) is 2.39. The van der Waals surface area contributed by atoms with Gasteiger partial charge in [0.05, 0.1) is 0 Å². The summed E-state index contributed by atoms with van der Waals surface area (Å²) in [6.07, 6.45) is 0.945. The molecule has 0 aliphatic carbocycles. The maximum atomic E-state index is 11.5. The first kappa shape index (κ1) is 15.2. The van der Waals surface area contributed by atoms with E-state index in [2.05, 4.69) is 52.0 Å². The number of nitrogens with zero attached hydrogens (tertiary/aromatic N) is 1. The molecule has 0 spiro atoms. The maximum Gasteiger partial charge on any atom is 0.0499 e. The highest BCUT2D eigenvalue weighted by Gasteiger charge is 2.28. The van der Waals surface area contributed by atoms with Crippen LogP contribution in [0.25, 0.3) is 0 Å². The summed E-state index contributed by atoms with van der Waals surface area (Å²) in [5.41, 5.74) is 7.58. The summed E-state index contributed by atoms with van der Waals surface area (Å²) in [6, 6.07) is 8.74. The van der Waals surface area contributed by atoms with Gasteiger partial charge in [-0.1, -0.05) is 35.0 Å². The second-order valence-corrected chi connectivity index (χ2v) is 7.56. The van der Waals surface area contributed by atoms with Gasteiger partial charge in [0.15, 0.2) is 0 Å². The van der Waals surface area contributed by atoms with Crippen LogP contribution in [0.5, 0.6) is 0 Å². The number of nitrogens with two attached hydrogens (primary N) is 1. The number of benzene rings is 1. The minimum absolute atomic E-state index is 0.118. The second kappa shape index (κ2) is 6.97. The molecule has 3 nitrogen and oxygen atoms in total. The van der Waals surface area contributed by atoms with Crippen LogP contribution in [0.3, 0.4) is 0 Å². The fourth-order valence-electron chi connectivity index (χ4n) is 2.54. The van der Waals surface area contributed by atoms with Gasteiger partial charge in [0.2, 0.25) is 0 Å². The third-order valence-corrected chi connectivity index (χ3v) is 5.50. The Hall–Kier alpha value is -0.230. The van der Waals surface area contributed by atoms with Gasteiger partial charge >= 0.3 is 0 Å². The first-order valence-corrected chi connectivity index (χ1v) is 9.00. The van der Waals surface area contributed by atoms with Crippen molar-refractivity contribution < 1.29 is 4.21 Å². The van der Waals surface area contributed by atoms with E-state index in [9.17, 15) is 4.21 Å². The lowest BCUT2D eigenvalue weighted by Gasteiger charge is -2.37. The maximum absolute atomic E-state index is 11.5. The Morgan fingerprint density at radius 2 is 1.89 bits per heavy atom. The lowest BCUT2D eigenvalue weighted by Crippen LogP contribution is -2.46. The monoisotopic (exact) mass is 344 g/mol. The summed E-state index contributed by atoms with van der Waals surface area (Å²) in [5.74, 6) is 1.53. The molecule has 106 valence electrons. The van der Waals surface area contributed by atoms with Gasteiger partial charge in [0.25, 0.3) is 0 Å². The minimum atomic E-state index is -0.643. The van der Waals surface area contributed by atoms with Crippen molar-refractivity contribution in [3.8, 4) is 0 Å². The third kappa shape index (κ3) is 3.88. The molecule has 1 fully saturated rings. The first-order chi connectivity index (χ1) is 9.11. The number of rotatable bonds is 4. The molecule has 0 amide bonds. The molecule has 1 saturated heterocycles. The first-order valence-electron chi connectivity index (χ1n) is 6.72. The van der Waals surface area contributed by atoms with Crippen LogP contribution in [0, 0.1) is 0 Å². The summed E-state index contributed by atoms with van der Waals surface area (Å²) in [7, 11) is -0.643. The minimum Gasteiger partial charge on any atom is -0.326 e. The van der Waals surface area contributed by atoms with Crippen molar-refractivity contribution in [2.75, 3.05) is 24.6 Å². The molecular weight excluding hydrogens is 324 g/mol. The molecule has 0 bridgehead atoms. The Balaban J connectivity index is 2.20. The quantitative estimate of drug-likeness (QED) is 0.911. The molecular formula is C14H21BrN2OS. The van der Waals surface area contributed by atoms with Crippen LogP contribution >= 0.6 is 15.9 Å². The van der Waals surface area contributed by atoms with Gasteiger partial charge < -0.3 is 5.73 Å². The molecule has 1 aliphatic rings. The standard InChI is InChI=1S/C14H21BrN2OS/c1-2-13(16)14(11-3-5-12(15)6-4-11)17-7-9-19(18)10-8-17/h3-6,13-14H,2,7-10,16H2,1H3. The molecule has 1 heterocycles. The van der Waals surface area contributed by atoms with E-state index in [1.54, 1.807) is 0 Å². The Labute approximate surface area is 126 Å². The normalized spacial score (nSPS) is 21.2. The zero-order chi connectivity index (χ0) is 13.8. The van der Waals surface area contributed by atoms with E-state index in [1.165, 1.54) is 5.56 Å². The van der Waals surface area contributed by atoms with E-state index in [0.717, 1.165) is 35.5 Å². The molecule has 2 rings (SSSR count). The predicted octanol–water partition coefficient (Wildman–Crippen LogP) is 2.29. The highest BCUT2D eigenvalue weighted by Crippen LogP contribution is 2.27. The van der Waals surface area contributed by atoms with Crippen LogP contribution in [-0.2, 0) is 10.8 Å². The van der Waals surface area contributed by atoms with Gasteiger partial charge in [0, 0.05) is 52.0 Å². The molecule has 5 heteroatoms. The van der Waals surface area contributed by atoms with Crippen LogP contribution in [0.15, 0.2) is 28.7 Å². The third-order valence-electron chi connectivity index (χ3n) is 3.69. The molecule has 1 aliphatic heterocycles. The topological polar surface area (TPSA) is 46.3 Å². The fraction of sp³-hybridized carbons (Fsp3) is 0.571. The van der Waals surface area contributed by atoms with E-state index < -0.39 is 10.8 Å². The average molecular weight is 345 g/mol. The van der Waals surface area contributed by atoms with Crippen molar-refractivity contribution in [1.29, 1.82) is 0 Å². The Kier molecular flexibility index (Phi) is 5.57. The van der Waals surface area contributed by atoms with Crippen molar-refractivity contribution in [2.24, 2.45) is 5.73 Å². The molecule has 0 saturated carbocycles. The summed E-state index contributed by atoms with van der Waals surface area (Å²) >= 11 is 3.47. The molecule has 0 radical (unpaired) electrons. The molecule has 19 heavy (non-hydrogen) atoms. The smallest absolute Gasteiger partial charge is 0.0499 e. The van der Waals surface area contributed by atoms with E-state index in [1.807, 2.05) is 0 Å². The predicted molar refractivity (Wildman–Crippen MR) is 84.6 cm³/mol. The van der Waals surface area contributed by atoms with Crippen LogP contribution in [0.1, 0.15) is 24.9 Å². The van der Waals surface area contributed by atoms with Crippen LogP contribution in [0.4, 0.5) is 0 Å². The molecule has 1 aromatic carbocycles. The molecule has 2 N–H and O–H groups in total. The lowest BCUT2D eigenvalue weighted by molar-refractivity contribution is 0.185. The molecule has 2 atom stereocenters. The average Bonchev–Trinajstić information content (AvgIpc) is 2.43. The number of hydrogen-bond acceptors (Lipinski definition) is 3. The highest BCUT2D eigenvalue weighted by molar-refractivity contribution is 9.10. The molecule has 2 unspecified atom stereocenters. The van der Waals surface area contributed by atoms with E-state index in [4.69, 9.17) is 5.73 Å². The van der Waals surface area contributed by atoms with Crippen molar-refractivity contribution in [3.05, 3.63) is 34.3 Å². The van der Waals surface area contributed by atoms with Crippen molar-refractivity contribution >= 4 is 26.7 Å². The van der Waals surface area contributed by atoms with Crippen LogP contribution in [-0.4, -0.2) is 39.7 Å². The lowest BCUT2D eigenvalue weighted by atomic mass is 9.96. The van der Waals surface area contributed by atoms with E-state index in [-0.39, 0.29) is 12.1 Å². The summed E-state index contributed by atoms with van der Waals surface area (Å²) in [5, 5.41) is 0. The van der Waals surface area contributed by atoms with Gasteiger partial charge in [-0.3, -0.25) is 9.11 Å². The van der Waals surface area contributed by atoms with Gasteiger partial charge in [0.1, 0.15) is 0 Å². The summed E-state index contributed by atoms with van der Waals surface area (Å²) in [6.45, 7) is 3.88. The number of halogens is 1. The second-order valence-electron chi connectivity index (χ2n) is 4.95. The highest BCUT2D eigenvalue weighted by atomic mass is 79.9. The molecule has 1 aromatic rings. The van der Waals surface area contributed by atoms with Crippen LogP contribution in [0.2, 0.25) is 0 Å². The van der Waals surface area contributed by atoms with Crippen molar-refractivity contribution in [3.63, 3.8) is 0 Å². The largest absolute Gasteiger partial charge is 0.326 e. The fourth-order valence-corrected chi connectivity index (χ4v) is 3.89. The number of hydrogen-bond donors (Lipinski definition) is 1. The zero-order valence-corrected chi connectivity index (χ0v) is 13.6. The Morgan fingerprint density at radius 3 is 2.42 bits per heavy atom. The molecule has 0 aromatic heterocycles. The Morgan fingerprint density at radius 1 is 1.32 bits per heavy atom. The van der Waals surface area contributed by atoms with E-state index in [0.29, 0.717) is 0 Å². The van der Waals surface area contributed by atoms with Gasteiger partial charge in [-0.15, -0.1) is 0 Å². The van der Waals surface area contributed by atoms with Gasteiger partial charge in [-0.2, -0.15) is 0 Å². The van der Waals surface area contributed by atoms with Crippen LogP contribution < -0.4 is 5.73 Å². The Bertz CT molecular complexity index is 428. The summed E-state index contributed by atoms with van der Waals surface area (Å²) < 4.78 is 12.6.